The Labute approximate surface area is 108 Å². The number of hydrogen-bond acceptors (Lipinski definition) is 4. The summed E-state index contributed by atoms with van der Waals surface area (Å²) >= 11 is 0. The van der Waals surface area contributed by atoms with Crippen molar-refractivity contribution in [1.29, 1.82) is 0 Å². The molecule has 18 heavy (non-hydrogen) atoms. The minimum Gasteiger partial charge on any atom is -0.410 e. The van der Waals surface area contributed by atoms with Crippen LogP contribution in [-0.2, 0) is 15.7 Å². The molecule has 0 radical (unpaired) electrons. The highest BCUT2D eigenvalue weighted by atomic mass is 16.6. The maximum Gasteiger partial charge on any atom is 0.457 e. The van der Waals surface area contributed by atoms with Crippen molar-refractivity contribution in [3.63, 3.8) is 0 Å². The molecular weight excluding hydrogens is 231 g/mol. The Morgan fingerprint density at radius 3 is 2.22 bits per heavy atom. The first-order chi connectivity index (χ1) is 8.78. The molecule has 1 aromatic rings. The maximum atomic E-state index is 9.22. The van der Waals surface area contributed by atoms with E-state index in [1.807, 2.05) is 18.2 Å². The fourth-order valence-electron chi connectivity index (χ4n) is 1.96. The van der Waals surface area contributed by atoms with Gasteiger partial charge in [-0.3, -0.25) is 0 Å². The quantitative estimate of drug-likeness (QED) is 0.756. The van der Waals surface area contributed by atoms with E-state index in [0.29, 0.717) is 13.2 Å². The second-order valence-electron chi connectivity index (χ2n) is 4.89. The molecule has 1 aliphatic rings. The minimum atomic E-state index is -0.636. The van der Waals surface area contributed by atoms with Crippen molar-refractivity contribution in [3.05, 3.63) is 35.9 Å². The third-order valence-corrected chi connectivity index (χ3v) is 3.33. The molecule has 1 aromatic carbocycles. The topological polar surface area (TPSA) is 58.9 Å². The van der Waals surface area contributed by atoms with Gasteiger partial charge in [0.1, 0.15) is 0 Å². The third kappa shape index (κ3) is 3.33. The highest BCUT2D eigenvalue weighted by Gasteiger charge is 2.37. The van der Waals surface area contributed by atoms with Gasteiger partial charge in [0, 0.05) is 13.2 Å². The fourth-order valence-corrected chi connectivity index (χ4v) is 1.96. The van der Waals surface area contributed by atoms with Crippen LogP contribution in [-0.4, -0.2) is 43.8 Å². The maximum absolute atomic E-state index is 9.22. The fraction of sp³-hybridized carbons (Fsp3) is 0.538. The molecule has 0 aromatic heterocycles. The van der Waals surface area contributed by atoms with Gasteiger partial charge in [0.2, 0.25) is 0 Å². The average molecular weight is 250 g/mol. The Bertz CT molecular complexity index is 343. The molecule has 4 nitrogen and oxygen atoms in total. The van der Waals surface area contributed by atoms with Crippen LogP contribution in [0.2, 0.25) is 6.32 Å². The molecule has 0 amide bonds. The minimum absolute atomic E-state index is 0.116. The Kier molecular flexibility index (Phi) is 4.77. The van der Waals surface area contributed by atoms with Crippen LogP contribution in [0.25, 0.3) is 0 Å². The van der Waals surface area contributed by atoms with Crippen LogP contribution in [0.3, 0.4) is 0 Å². The van der Waals surface area contributed by atoms with Crippen LogP contribution in [0.4, 0.5) is 0 Å². The van der Waals surface area contributed by atoms with Crippen molar-refractivity contribution < 1.29 is 19.5 Å². The molecule has 0 unspecified atom stereocenters. The largest absolute Gasteiger partial charge is 0.457 e. The first-order valence-electron chi connectivity index (χ1n) is 6.27. The summed E-state index contributed by atoms with van der Waals surface area (Å²) in [5.74, 6) is 0. The van der Waals surface area contributed by atoms with Crippen LogP contribution in [0, 0.1) is 5.41 Å². The number of aliphatic hydroxyl groups excluding tert-OH is 2. The second kappa shape index (κ2) is 6.34. The highest BCUT2D eigenvalue weighted by molar-refractivity contribution is 6.44. The van der Waals surface area contributed by atoms with Gasteiger partial charge in [-0.15, -0.1) is 0 Å². The van der Waals surface area contributed by atoms with Gasteiger partial charge < -0.3 is 19.5 Å². The standard InChI is InChI=1S/C13H19BO4/c15-8-13(9-16)10-17-14(18-11-13)7-6-12-4-2-1-3-5-12/h1-5,15-16H,6-11H2. The van der Waals surface area contributed by atoms with E-state index < -0.39 is 5.41 Å². The summed E-state index contributed by atoms with van der Waals surface area (Å²) in [5.41, 5.74) is 0.620. The van der Waals surface area contributed by atoms with E-state index in [1.165, 1.54) is 5.56 Å². The van der Waals surface area contributed by atoms with Crippen LogP contribution in [0.15, 0.2) is 30.3 Å². The molecule has 98 valence electrons. The number of aryl methyl sites for hydroxylation is 1. The predicted octanol–water partition coefficient (Wildman–Crippen LogP) is 0.735. The summed E-state index contributed by atoms with van der Waals surface area (Å²) in [6, 6.07) is 10.2. The van der Waals surface area contributed by atoms with Crippen LogP contribution in [0.1, 0.15) is 5.56 Å². The van der Waals surface area contributed by atoms with Crippen molar-refractivity contribution in [3.8, 4) is 0 Å². The summed E-state index contributed by atoms with van der Waals surface area (Å²) < 4.78 is 11.1. The first-order valence-corrected chi connectivity index (χ1v) is 6.27. The van der Waals surface area contributed by atoms with E-state index in [0.717, 1.165) is 12.7 Å². The Morgan fingerprint density at radius 2 is 1.67 bits per heavy atom. The second-order valence-corrected chi connectivity index (χ2v) is 4.89. The highest BCUT2D eigenvalue weighted by Crippen LogP contribution is 2.24. The lowest BCUT2D eigenvalue weighted by Crippen LogP contribution is -2.48. The predicted molar refractivity (Wildman–Crippen MR) is 69.2 cm³/mol. The monoisotopic (exact) mass is 250 g/mol. The SMILES string of the molecule is OCC1(CO)COB(CCc2ccccc2)OC1. The summed E-state index contributed by atoms with van der Waals surface area (Å²) in [4.78, 5) is 0. The van der Waals surface area contributed by atoms with Gasteiger partial charge in [-0.2, -0.15) is 0 Å². The molecule has 1 aliphatic heterocycles. The van der Waals surface area contributed by atoms with Crippen molar-refractivity contribution >= 4 is 7.12 Å². The van der Waals surface area contributed by atoms with Gasteiger partial charge in [-0.05, 0) is 18.3 Å². The zero-order chi connectivity index (χ0) is 12.8. The van der Waals surface area contributed by atoms with Gasteiger partial charge in [-0.25, -0.2) is 0 Å². The summed E-state index contributed by atoms with van der Waals surface area (Å²) in [7, 11) is -0.239. The van der Waals surface area contributed by atoms with Gasteiger partial charge >= 0.3 is 7.12 Å². The smallest absolute Gasteiger partial charge is 0.410 e. The first kappa shape index (κ1) is 13.6. The molecule has 2 N–H and O–H groups in total. The van der Waals surface area contributed by atoms with Crippen molar-refractivity contribution in [2.75, 3.05) is 26.4 Å². The molecule has 0 aliphatic carbocycles. The number of hydrogen-bond donors (Lipinski definition) is 2. The van der Waals surface area contributed by atoms with E-state index in [9.17, 15) is 10.2 Å². The summed E-state index contributed by atoms with van der Waals surface area (Å²) in [6.07, 6.45) is 1.69. The molecule has 1 heterocycles. The zero-order valence-corrected chi connectivity index (χ0v) is 10.4. The normalized spacial score (nSPS) is 18.9. The van der Waals surface area contributed by atoms with E-state index in [1.54, 1.807) is 0 Å². The molecule has 1 fully saturated rings. The molecule has 0 spiro atoms. The zero-order valence-electron chi connectivity index (χ0n) is 10.4. The molecule has 2 rings (SSSR count). The Balaban J connectivity index is 1.77. The van der Waals surface area contributed by atoms with Crippen LogP contribution >= 0.6 is 0 Å². The number of aliphatic hydroxyl groups is 2. The summed E-state index contributed by atoms with van der Waals surface area (Å²) in [5, 5.41) is 18.4. The molecular formula is C13H19BO4. The molecule has 0 bridgehead atoms. The third-order valence-electron chi connectivity index (χ3n) is 3.33. The average Bonchev–Trinajstić information content (AvgIpc) is 2.47. The number of benzene rings is 1. The Hall–Kier alpha value is -0.875. The van der Waals surface area contributed by atoms with E-state index in [2.05, 4.69) is 12.1 Å². The van der Waals surface area contributed by atoms with Crippen LogP contribution in [0.5, 0.6) is 0 Å². The van der Waals surface area contributed by atoms with Gasteiger partial charge in [0.05, 0.1) is 18.6 Å². The van der Waals surface area contributed by atoms with Crippen molar-refractivity contribution in [2.45, 2.75) is 12.7 Å². The van der Waals surface area contributed by atoms with E-state index in [4.69, 9.17) is 9.31 Å². The lowest BCUT2D eigenvalue weighted by Gasteiger charge is -2.36. The van der Waals surface area contributed by atoms with Gasteiger partial charge in [0.15, 0.2) is 0 Å². The number of rotatable bonds is 5. The molecule has 5 heteroatoms. The Morgan fingerprint density at radius 1 is 1.06 bits per heavy atom. The molecule has 0 atom stereocenters. The van der Waals surface area contributed by atoms with Crippen molar-refractivity contribution in [2.24, 2.45) is 5.41 Å². The summed E-state index contributed by atoms with van der Waals surface area (Å²) in [6.45, 7) is 0.461. The van der Waals surface area contributed by atoms with E-state index >= 15 is 0 Å². The van der Waals surface area contributed by atoms with Crippen LogP contribution < -0.4 is 0 Å². The van der Waals surface area contributed by atoms with Gasteiger partial charge in [-0.1, -0.05) is 30.3 Å². The molecule has 1 saturated heterocycles. The van der Waals surface area contributed by atoms with E-state index in [-0.39, 0.29) is 20.3 Å². The van der Waals surface area contributed by atoms with Gasteiger partial charge in [0.25, 0.3) is 0 Å². The molecule has 0 saturated carbocycles. The lowest BCUT2D eigenvalue weighted by molar-refractivity contribution is -0.0611. The van der Waals surface area contributed by atoms with Crippen molar-refractivity contribution in [1.82, 2.24) is 0 Å². The lowest BCUT2D eigenvalue weighted by atomic mass is 9.77.